The highest BCUT2D eigenvalue weighted by Gasteiger charge is 2.26. The molecule has 0 radical (unpaired) electrons. The summed E-state index contributed by atoms with van der Waals surface area (Å²) in [5, 5.41) is 12.0. The van der Waals surface area contributed by atoms with Crippen LogP contribution in [0.15, 0.2) is 26.9 Å². The van der Waals surface area contributed by atoms with E-state index in [9.17, 15) is 4.79 Å². The van der Waals surface area contributed by atoms with Gasteiger partial charge in [-0.15, -0.1) is 0 Å². The smallest absolute Gasteiger partial charge is 0.238 e. The van der Waals surface area contributed by atoms with Crippen molar-refractivity contribution in [3.63, 3.8) is 0 Å². The Morgan fingerprint density at radius 1 is 1.43 bits per heavy atom. The van der Waals surface area contributed by atoms with Gasteiger partial charge < -0.3 is 10.4 Å². The highest BCUT2D eigenvalue weighted by Crippen LogP contribution is 2.38. The number of hydrogen-bond acceptors (Lipinski definition) is 5. The molecule has 1 saturated carbocycles. The standard InChI is InChI=1S/C14H18N4O2S/c19-8-7-18(10-3-1-4-10)9-13(20)15-11-5-2-6-12-14(11)17-21-16-12/h2,5-6,10,19H,1,3-4,7-9H2,(H,15,20). The molecule has 3 rings (SSSR count). The molecule has 1 aliphatic carbocycles. The number of hydrogen-bond donors (Lipinski definition) is 2. The normalized spacial score (nSPS) is 16.5. The van der Waals surface area contributed by atoms with Crippen LogP contribution >= 0.6 is 0 Å². The van der Waals surface area contributed by atoms with E-state index in [4.69, 9.17) is 5.11 Å². The van der Waals surface area contributed by atoms with Crippen LogP contribution in [0.2, 0.25) is 0 Å². The molecule has 1 fully saturated rings. The third kappa shape index (κ3) is 3.20. The predicted molar refractivity (Wildman–Crippen MR) is 82.9 cm³/mol. The topological polar surface area (TPSA) is 77.3 Å². The molecule has 1 heterocycles. The van der Waals surface area contributed by atoms with Crippen molar-refractivity contribution in [3.8, 4) is 0 Å². The zero-order chi connectivity index (χ0) is 14.7. The molecule has 1 aromatic rings. The van der Waals surface area contributed by atoms with Crippen molar-refractivity contribution in [1.29, 1.82) is 0 Å². The first kappa shape index (κ1) is 14.4. The second kappa shape index (κ2) is 6.46. The summed E-state index contributed by atoms with van der Waals surface area (Å²) in [5.41, 5.74) is 2.22. The fourth-order valence-corrected chi connectivity index (χ4v) is 3.10. The van der Waals surface area contributed by atoms with Gasteiger partial charge in [-0.2, -0.15) is 8.73 Å². The van der Waals surface area contributed by atoms with Crippen molar-refractivity contribution >= 4 is 34.3 Å². The van der Waals surface area contributed by atoms with Gasteiger partial charge >= 0.3 is 0 Å². The molecule has 112 valence electrons. The highest BCUT2D eigenvalue weighted by atomic mass is 32.1. The minimum Gasteiger partial charge on any atom is -0.395 e. The monoisotopic (exact) mass is 306 g/mol. The maximum Gasteiger partial charge on any atom is 0.238 e. The Morgan fingerprint density at radius 3 is 3.00 bits per heavy atom. The van der Waals surface area contributed by atoms with Gasteiger partial charge in [-0.1, -0.05) is 12.5 Å². The van der Waals surface area contributed by atoms with Gasteiger partial charge in [0.2, 0.25) is 5.91 Å². The summed E-state index contributed by atoms with van der Waals surface area (Å²) < 4.78 is 8.38. The maximum absolute atomic E-state index is 12.2. The molecule has 21 heavy (non-hydrogen) atoms. The molecule has 6 nitrogen and oxygen atoms in total. The summed E-state index contributed by atoms with van der Waals surface area (Å²) in [6.07, 6.45) is 3.43. The van der Waals surface area contributed by atoms with E-state index < -0.39 is 0 Å². The van der Waals surface area contributed by atoms with Gasteiger partial charge in [-0.25, -0.2) is 0 Å². The van der Waals surface area contributed by atoms with Crippen molar-refractivity contribution in [1.82, 2.24) is 4.90 Å². The average Bonchev–Trinajstić information content (AvgIpc) is 2.86. The molecule has 7 heteroatoms. The van der Waals surface area contributed by atoms with E-state index in [0.29, 0.717) is 24.8 Å². The lowest BCUT2D eigenvalue weighted by molar-refractivity contribution is -0.118. The number of carbonyl (C=O) groups excluding carboxylic acids is 1. The van der Waals surface area contributed by atoms with Gasteiger partial charge in [-0.3, -0.25) is 9.69 Å². The van der Waals surface area contributed by atoms with Gasteiger partial charge in [0.1, 0.15) is 11.4 Å². The van der Waals surface area contributed by atoms with Crippen LogP contribution in [-0.2, 0) is 16.1 Å². The largest absolute Gasteiger partial charge is 0.395 e. The second-order valence-electron chi connectivity index (χ2n) is 5.26. The molecule has 2 aliphatic rings. The van der Waals surface area contributed by atoms with Gasteiger partial charge in [0.15, 0.2) is 0 Å². The number of fused-ring (bicyclic) bond motifs is 1. The van der Waals surface area contributed by atoms with Crippen LogP contribution in [-0.4, -0.2) is 41.7 Å². The number of aliphatic hydroxyl groups excluding tert-OH is 1. The molecule has 0 bridgehead atoms. The van der Waals surface area contributed by atoms with Gasteiger partial charge in [0.25, 0.3) is 0 Å². The summed E-state index contributed by atoms with van der Waals surface area (Å²) in [6.45, 7) is 0.926. The van der Waals surface area contributed by atoms with Crippen LogP contribution in [0.4, 0.5) is 17.1 Å². The number of rotatable bonds is 6. The van der Waals surface area contributed by atoms with Crippen LogP contribution in [0.25, 0.3) is 0 Å². The molecule has 0 unspecified atom stereocenters. The molecule has 0 atom stereocenters. The minimum absolute atomic E-state index is 0.0733. The van der Waals surface area contributed by atoms with E-state index in [0.717, 1.165) is 35.6 Å². The zero-order valence-corrected chi connectivity index (χ0v) is 12.5. The molecular weight excluding hydrogens is 288 g/mol. The van der Waals surface area contributed by atoms with E-state index in [1.165, 1.54) is 6.42 Å². The number of anilines is 1. The van der Waals surface area contributed by atoms with Gasteiger partial charge in [-0.05, 0) is 25.0 Å². The summed E-state index contributed by atoms with van der Waals surface area (Å²) in [7, 11) is 0. The van der Waals surface area contributed by atoms with Crippen LogP contribution < -0.4 is 5.32 Å². The third-order valence-electron chi connectivity index (χ3n) is 3.89. The average molecular weight is 306 g/mol. The number of nitrogens with zero attached hydrogens (tertiary/aromatic N) is 3. The van der Waals surface area contributed by atoms with Crippen LogP contribution in [0.3, 0.4) is 0 Å². The van der Waals surface area contributed by atoms with Crippen LogP contribution in [0.5, 0.6) is 0 Å². The first-order valence-corrected chi connectivity index (χ1v) is 7.87. The predicted octanol–water partition coefficient (Wildman–Crippen LogP) is 2.20. The highest BCUT2D eigenvalue weighted by molar-refractivity contribution is 7.58. The fraction of sp³-hybridized carbons (Fsp3) is 0.500. The van der Waals surface area contributed by atoms with Gasteiger partial charge in [0.05, 0.1) is 30.2 Å². The number of benzene rings is 1. The summed E-state index contributed by atoms with van der Waals surface area (Å²) >= 11 is 1.14. The van der Waals surface area contributed by atoms with E-state index in [-0.39, 0.29) is 12.5 Å². The number of nitrogens with one attached hydrogen (secondary N) is 1. The van der Waals surface area contributed by atoms with E-state index in [1.807, 2.05) is 18.2 Å². The fourth-order valence-electron chi connectivity index (χ4n) is 2.55. The Balaban J connectivity index is 1.63. The summed E-state index contributed by atoms with van der Waals surface area (Å²) in [4.78, 5) is 14.3. The third-order valence-corrected chi connectivity index (χ3v) is 4.43. The molecular formula is C14H18N4O2S. The Bertz CT molecular complexity index is 609. The molecule has 0 saturated heterocycles. The molecule has 2 N–H and O–H groups in total. The summed E-state index contributed by atoms with van der Waals surface area (Å²) in [6, 6.07) is 6.00. The SMILES string of the molecule is O=C(CN(CCO)C1CCC1)Nc1cccc2c1N=S=N2. The Hall–Kier alpha value is -1.57. The van der Waals surface area contributed by atoms with E-state index in [1.54, 1.807) is 0 Å². The molecule has 0 aromatic heterocycles. The number of aliphatic hydroxyl groups is 1. The van der Waals surface area contributed by atoms with Crippen molar-refractivity contribution in [2.45, 2.75) is 25.3 Å². The number of carbonyl (C=O) groups is 1. The molecule has 0 spiro atoms. The lowest BCUT2D eigenvalue weighted by atomic mass is 9.91. The van der Waals surface area contributed by atoms with Crippen molar-refractivity contribution < 1.29 is 9.90 Å². The van der Waals surface area contributed by atoms with E-state index >= 15 is 0 Å². The van der Waals surface area contributed by atoms with Crippen LogP contribution in [0.1, 0.15) is 19.3 Å². The Kier molecular flexibility index (Phi) is 4.42. The van der Waals surface area contributed by atoms with Crippen molar-refractivity contribution in [3.05, 3.63) is 18.2 Å². The first-order valence-electron chi connectivity index (χ1n) is 7.14. The zero-order valence-electron chi connectivity index (χ0n) is 11.7. The van der Waals surface area contributed by atoms with Crippen molar-refractivity contribution in [2.24, 2.45) is 8.73 Å². The quantitative estimate of drug-likeness (QED) is 0.859. The Labute approximate surface area is 127 Å². The van der Waals surface area contributed by atoms with E-state index in [2.05, 4.69) is 18.9 Å². The van der Waals surface area contributed by atoms with Gasteiger partial charge in [0, 0.05) is 12.6 Å². The molecule has 1 amide bonds. The minimum atomic E-state index is -0.0733. The summed E-state index contributed by atoms with van der Waals surface area (Å²) in [5.74, 6) is -0.0733. The first-order chi connectivity index (χ1) is 10.3. The Morgan fingerprint density at radius 2 is 2.29 bits per heavy atom. The molecule has 1 aliphatic heterocycles. The maximum atomic E-state index is 12.2. The second-order valence-corrected chi connectivity index (χ2v) is 5.79. The molecule has 1 aromatic carbocycles. The lowest BCUT2D eigenvalue weighted by Gasteiger charge is -2.36. The van der Waals surface area contributed by atoms with Crippen LogP contribution in [0, 0.1) is 0 Å². The lowest BCUT2D eigenvalue weighted by Crippen LogP contribution is -2.45. The number of amides is 1. The van der Waals surface area contributed by atoms with Crippen molar-refractivity contribution in [2.75, 3.05) is 25.0 Å².